The highest BCUT2D eigenvalue weighted by Gasteiger charge is 2.42. The number of imide groups is 1. The van der Waals surface area contributed by atoms with Crippen LogP contribution in [0.2, 0.25) is 0 Å². The fourth-order valence-electron chi connectivity index (χ4n) is 4.65. The lowest BCUT2D eigenvalue weighted by molar-refractivity contribution is -0.127. The molecule has 0 radical (unpaired) electrons. The fraction of sp³-hybridized carbons (Fsp3) is 0.259. The van der Waals surface area contributed by atoms with Crippen LogP contribution in [0.15, 0.2) is 72.9 Å². The molecular formula is C27H26N4O5. The molecule has 0 bridgehead atoms. The quantitative estimate of drug-likeness (QED) is 0.502. The molecule has 0 unspecified atom stereocenters. The number of carbonyl (C=O) groups is 3. The standard InChI is InChI=1S/C27H26N4O5/c28-25(33)23-7-4-16-29-26(23)36-22-14-10-19(11-15-22)31-24(32)17-30(27(31)34)18-8-12-21(13-9-18)35-20-5-2-1-3-6-20/h1-9,12-13,16,19,22H,10-11,14-15,17H2,(H2,28,33). The van der Waals surface area contributed by atoms with E-state index in [1.165, 1.54) is 9.80 Å². The van der Waals surface area contributed by atoms with Gasteiger partial charge in [0.25, 0.3) is 11.8 Å². The largest absolute Gasteiger partial charge is 0.474 e. The van der Waals surface area contributed by atoms with Crippen molar-refractivity contribution in [3.05, 3.63) is 78.5 Å². The van der Waals surface area contributed by atoms with Gasteiger partial charge < -0.3 is 15.2 Å². The van der Waals surface area contributed by atoms with Crippen LogP contribution in [-0.4, -0.2) is 46.4 Å². The van der Waals surface area contributed by atoms with Crippen LogP contribution < -0.4 is 20.1 Å². The Kier molecular flexibility index (Phi) is 6.53. The maximum absolute atomic E-state index is 13.2. The van der Waals surface area contributed by atoms with Crippen molar-refractivity contribution in [2.75, 3.05) is 11.4 Å². The Labute approximate surface area is 208 Å². The molecule has 36 heavy (non-hydrogen) atoms. The number of hydrogen-bond acceptors (Lipinski definition) is 6. The molecule has 1 aromatic heterocycles. The zero-order chi connectivity index (χ0) is 25.1. The lowest BCUT2D eigenvalue weighted by atomic mass is 9.92. The number of hydrogen-bond donors (Lipinski definition) is 1. The molecule has 2 aliphatic rings. The van der Waals surface area contributed by atoms with E-state index in [0.29, 0.717) is 37.1 Å². The van der Waals surface area contributed by atoms with E-state index in [4.69, 9.17) is 15.2 Å². The molecule has 4 amide bonds. The summed E-state index contributed by atoms with van der Waals surface area (Å²) >= 11 is 0. The number of carbonyl (C=O) groups excluding carboxylic acids is 3. The average Bonchev–Trinajstić information content (AvgIpc) is 3.19. The zero-order valence-electron chi connectivity index (χ0n) is 19.6. The van der Waals surface area contributed by atoms with E-state index in [1.807, 2.05) is 30.3 Å². The SMILES string of the molecule is NC(=O)c1cccnc1OC1CCC(N2C(=O)CN(c3ccc(Oc4ccccc4)cc3)C2=O)CC1. The van der Waals surface area contributed by atoms with Crippen LogP contribution in [0.25, 0.3) is 0 Å². The van der Waals surface area contributed by atoms with Crippen molar-refractivity contribution in [2.24, 2.45) is 5.73 Å². The first-order valence-corrected chi connectivity index (χ1v) is 11.9. The minimum atomic E-state index is -0.597. The highest BCUT2D eigenvalue weighted by molar-refractivity contribution is 6.12. The van der Waals surface area contributed by atoms with Crippen LogP contribution in [0.1, 0.15) is 36.0 Å². The van der Waals surface area contributed by atoms with E-state index in [9.17, 15) is 14.4 Å². The van der Waals surface area contributed by atoms with Crippen molar-refractivity contribution in [2.45, 2.75) is 37.8 Å². The Hall–Kier alpha value is -4.40. The molecule has 184 valence electrons. The van der Waals surface area contributed by atoms with Crippen molar-refractivity contribution < 1.29 is 23.9 Å². The van der Waals surface area contributed by atoms with E-state index < -0.39 is 5.91 Å². The lowest BCUT2D eigenvalue weighted by Crippen LogP contribution is -2.44. The zero-order valence-corrected chi connectivity index (χ0v) is 19.6. The maximum atomic E-state index is 13.2. The molecule has 2 heterocycles. The minimum absolute atomic E-state index is 0.00403. The Morgan fingerprint density at radius 1 is 0.889 bits per heavy atom. The molecule has 1 saturated heterocycles. The highest BCUT2D eigenvalue weighted by atomic mass is 16.5. The smallest absolute Gasteiger partial charge is 0.331 e. The summed E-state index contributed by atoms with van der Waals surface area (Å²) < 4.78 is 11.7. The van der Waals surface area contributed by atoms with Gasteiger partial charge in [-0.1, -0.05) is 18.2 Å². The first-order valence-electron chi connectivity index (χ1n) is 11.9. The predicted octanol–water partition coefficient (Wildman–Crippen LogP) is 4.13. The Morgan fingerprint density at radius 3 is 2.28 bits per heavy atom. The number of nitrogens with two attached hydrogens (primary N) is 1. The molecule has 2 fully saturated rings. The van der Waals surface area contributed by atoms with Crippen LogP contribution in [0, 0.1) is 0 Å². The number of aromatic nitrogens is 1. The molecule has 0 spiro atoms. The third-order valence-corrected chi connectivity index (χ3v) is 6.45. The van der Waals surface area contributed by atoms with Crippen molar-refractivity contribution in [3.8, 4) is 17.4 Å². The third-order valence-electron chi connectivity index (χ3n) is 6.45. The summed E-state index contributed by atoms with van der Waals surface area (Å²) in [5, 5.41) is 0. The molecule has 3 aromatic rings. The third kappa shape index (κ3) is 4.86. The summed E-state index contributed by atoms with van der Waals surface area (Å²) in [7, 11) is 0. The normalized spacial score (nSPS) is 19.9. The highest BCUT2D eigenvalue weighted by Crippen LogP contribution is 2.32. The van der Waals surface area contributed by atoms with Gasteiger partial charge in [0.05, 0.1) is 0 Å². The van der Waals surface area contributed by atoms with Gasteiger partial charge in [0, 0.05) is 17.9 Å². The molecule has 2 aromatic carbocycles. The Morgan fingerprint density at radius 2 is 1.58 bits per heavy atom. The molecule has 1 saturated carbocycles. The topological polar surface area (TPSA) is 115 Å². The number of primary amides is 1. The summed E-state index contributed by atoms with van der Waals surface area (Å²) in [6.07, 6.45) is 3.85. The summed E-state index contributed by atoms with van der Waals surface area (Å²) in [6.45, 7) is 0.00403. The van der Waals surface area contributed by atoms with Gasteiger partial charge in [0.2, 0.25) is 5.88 Å². The number of para-hydroxylation sites is 1. The summed E-state index contributed by atoms with van der Waals surface area (Å²) in [6, 6.07) is 19.2. The van der Waals surface area contributed by atoms with Crippen molar-refractivity contribution >= 4 is 23.5 Å². The predicted molar refractivity (Wildman–Crippen MR) is 132 cm³/mol. The van der Waals surface area contributed by atoms with E-state index in [-0.39, 0.29) is 42.1 Å². The molecule has 5 rings (SSSR count). The van der Waals surface area contributed by atoms with Crippen LogP contribution in [0.5, 0.6) is 17.4 Å². The molecular weight excluding hydrogens is 460 g/mol. The van der Waals surface area contributed by atoms with E-state index >= 15 is 0 Å². The Balaban J connectivity index is 1.20. The number of pyridine rings is 1. The summed E-state index contributed by atoms with van der Waals surface area (Å²) in [5.74, 6) is 0.769. The Bertz CT molecular complexity index is 1260. The van der Waals surface area contributed by atoms with Gasteiger partial charge in [-0.25, -0.2) is 9.78 Å². The minimum Gasteiger partial charge on any atom is -0.474 e. The number of ether oxygens (including phenoxy) is 2. The number of rotatable bonds is 7. The number of anilines is 1. The van der Waals surface area contributed by atoms with Crippen molar-refractivity contribution in [1.29, 1.82) is 0 Å². The molecule has 1 aliphatic heterocycles. The molecule has 1 aliphatic carbocycles. The van der Waals surface area contributed by atoms with Gasteiger partial charge >= 0.3 is 6.03 Å². The second kappa shape index (κ2) is 10.1. The van der Waals surface area contributed by atoms with Crippen LogP contribution >= 0.6 is 0 Å². The van der Waals surface area contributed by atoms with Gasteiger partial charge in [-0.3, -0.25) is 19.4 Å². The molecule has 2 N–H and O–H groups in total. The van der Waals surface area contributed by atoms with E-state index in [1.54, 1.807) is 42.6 Å². The number of urea groups is 1. The second-order valence-electron chi connectivity index (χ2n) is 8.81. The fourth-order valence-corrected chi connectivity index (χ4v) is 4.65. The lowest BCUT2D eigenvalue weighted by Gasteiger charge is -2.33. The van der Waals surface area contributed by atoms with Gasteiger partial charge in [-0.2, -0.15) is 0 Å². The van der Waals surface area contributed by atoms with Gasteiger partial charge in [-0.15, -0.1) is 0 Å². The van der Waals surface area contributed by atoms with Gasteiger partial charge in [0.1, 0.15) is 29.7 Å². The maximum Gasteiger partial charge on any atom is 0.331 e. The van der Waals surface area contributed by atoms with Gasteiger partial charge in [0.15, 0.2) is 0 Å². The number of amides is 4. The molecule has 9 heteroatoms. The summed E-state index contributed by atoms with van der Waals surface area (Å²) in [4.78, 5) is 44.6. The number of benzene rings is 2. The van der Waals surface area contributed by atoms with Crippen LogP contribution in [0.4, 0.5) is 10.5 Å². The number of nitrogens with zero attached hydrogens (tertiary/aromatic N) is 3. The first kappa shape index (κ1) is 23.3. The van der Waals surface area contributed by atoms with Crippen LogP contribution in [-0.2, 0) is 4.79 Å². The molecule has 0 atom stereocenters. The van der Waals surface area contributed by atoms with E-state index in [2.05, 4.69) is 4.98 Å². The van der Waals surface area contributed by atoms with E-state index in [0.717, 1.165) is 5.75 Å². The average molecular weight is 487 g/mol. The van der Waals surface area contributed by atoms with Crippen LogP contribution in [0.3, 0.4) is 0 Å². The van der Waals surface area contributed by atoms with Gasteiger partial charge in [-0.05, 0) is 74.2 Å². The molecule has 9 nitrogen and oxygen atoms in total. The monoisotopic (exact) mass is 486 g/mol. The summed E-state index contributed by atoms with van der Waals surface area (Å²) in [5.41, 5.74) is 6.28. The first-order chi connectivity index (χ1) is 17.5. The van der Waals surface area contributed by atoms with Crippen molar-refractivity contribution in [3.63, 3.8) is 0 Å². The van der Waals surface area contributed by atoms with Crippen molar-refractivity contribution in [1.82, 2.24) is 9.88 Å². The second-order valence-corrected chi connectivity index (χ2v) is 8.81.